The summed E-state index contributed by atoms with van der Waals surface area (Å²) in [5, 5.41) is 0. The summed E-state index contributed by atoms with van der Waals surface area (Å²) in [5.74, 6) is -16.5. The van der Waals surface area contributed by atoms with Gasteiger partial charge in [0.1, 0.15) is 0 Å². The van der Waals surface area contributed by atoms with Gasteiger partial charge in [0.2, 0.25) is 23.6 Å². The highest BCUT2D eigenvalue weighted by atomic mass is 16.6. The fraction of sp³-hybridized carbons (Fsp3) is 0.633. The second kappa shape index (κ2) is 12.7. The van der Waals surface area contributed by atoms with Crippen molar-refractivity contribution in [3.05, 3.63) is 60.2 Å². The second-order valence-corrected chi connectivity index (χ2v) is 21.6. The van der Waals surface area contributed by atoms with Crippen LogP contribution in [0.3, 0.4) is 0 Å². The van der Waals surface area contributed by atoms with Crippen molar-refractivity contribution in [2.45, 2.75) is 54.8 Å². The molecule has 10 bridgehead atoms. The summed E-state index contributed by atoms with van der Waals surface area (Å²) in [6, 6.07) is 7.07. The SMILES string of the molecule is COC(=O)[C@@]12O[C@@](C(=O)OC)([C@H]3[C@H]4C[C@H]([C@H]5C(=O)N(Cc6cccnc6)C(=O)[C@@H]45)[C@H]31)[C@@H]1C3CC([C@@H]4[C@H]3[C@]3(C(=O)OC)O[C@@]4(C(=O)OC)[C@H]4[C@H]5C[C@H]([C@H]6C(=O)N(Cc7cccnc7)C(=O)[C@@H]56)[C@H]43)[C@@H]12. The maximum atomic E-state index is 15.1. The molecule has 6 saturated carbocycles. The predicted octanol–water partition coefficient (Wildman–Crippen LogP) is 0.993. The van der Waals surface area contributed by atoms with Crippen molar-refractivity contribution in [3.8, 4) is 0 Å². The van der Waals surface area contributed by atoms with E-state index in [-0.39, 0.29) is 36.7 Å². The molecule has 12 fully saturated rings. The largest absolute Gasteiger partial charge is 0.467 e. The van der Waals surface area contributed by atoms with Crippen molar-refractivity contribution >= 4 is 47.5 Å². The van der Waals surface area contributed by atoms with Gasteiger partial charge in [-0.3, -0.25) is 38.9 Å². The van der Waals surface area contributed by atoms with Crippen LogP contribution in [0.4, 0.5) is 0 Å². The van der Waals surface area contributed by atoms with E-state index in [0.29, 0.717) is 30.4 Å². The summed E-state index contributed by atoms with van der Waals surface area (Å²) in [4.78, 5) is 129. The molecule has 6 saturated heterocycles. The van der Waals surface area contributed by atoms with E-state index in [1.807, 2.05) is 0 Å². The lowest BCUT2D eigenvalue weighted by Crippen LogP contribution is -2.69. The molecule has 0 N–H and O–H groups in total. The minimum absolute atomic E-state index is 0.0316. The molecule has 2 aromatic rings. The number of aromatic nitrogens is 2. The summed E-state index contributed by atoms with van der Waals surface area (Å²) < 4.78 is 37.3. The number of amides is 4. The summed E-state index contributed by atoms with van der Waals surface area (Å²) >= 11 is 0. The van der Waals surface area contributed by atoms with Gasteiger partial charge in [0.05, 0.1) is 65.2 Å². The van der Waals surface area contributed by atoms with Gasteiger partial charge in [0, 0.05) is 72.1 Å². The zero-order valence-electron chi connectivity index (χ0n) is 37.1. The summed E-state index contributed by atoms with van der Waals surface area (Å²) in [7, 11) is 5.07. The van der Waals surface area contributed by atoms with Gasteiger partial charge in [-0.1, -0.05) is 12.1 Å². The summed E-state index contributed by atoms with van der Waals surface area (Å²) in [6.45, 7) is 0.0631. The molecule has 22 atom stereocenters. The van der Waals surface area contributed by atoms with E-state index in [9.17, 15) is 19.2 Å². The Kier molecular flexibility index (Phi) is 7.68. The van der Waals surface area contributed by atoms with Crippen LogP contribution in [0.15, 0.2) is 49.1 Å². The highest BCUT2D eigenvalue weighted by Gasteiger charge is 2.98. The number of rotatable bonds is 8. The molecule has 18 heteroatoms. The average molecular weight is 917 g/mol. The first-order valence-electron chi connectivity index (χ1n) is 23.6. The number of carbonyl (C=O) groups is 8. The molecule has 0 radical (unpaired) electrons. The molecule has 67 heavy (non-hydrogen) atoms. The Hall–Kier alpha value is -5.62. The van der Waals surface area contributed by atoms with E-state index in [2.05, 4.69) is 9.97 Å². The first-order chi connectivity index (χ1) is 32.3. The third-order valence-corrected chi connectivity index (χ3v) is 20.5. The van der Waals surface area contributed by atoms with E-state index >= 15 is 19.2 Å². The van der Waals surface area contributed by atoms with Crippen molar-refractivity contribution in [2.75, 3.05) is 28.4 Å². The Morgan fingerprint density at radius 1 is 0.493 bits per heavy atom. The Morgan fingerprint density at radius 2 is 0.761 bits per heavy atom. The number of esters is 4. The van der Waals surface area contributed by atoms with Crippen molar-refractivity contribution in [2.24, 2.45) is 107 Å². The topological polar surface area (TPSA) is 224 Å². The number of ether oxygens (including phenoxy) is 6. The summed E-state index contributed by atoms with van der Waals surface area (Å²) in [5.41, 5.74) is -5.84. The lowest BCUT2D eigenvalue weighted by atomic mass is 9.41. The Morgan fingerprint density at radius 3 is 1.01 bits per heavy atom. The van der Waals surface area contributed by atoms with Gasteiger partial charge in [0.25, 0.3) is 0 Å². The average Bonchev–Trinajstić information content (AvgIpc) is 4.22. The van der Waals surface area contributed by atoms with Crippen molar-refractivity contribution in [1.29, 1.82) is 0 Å². The lowest BCUT2D eigenvalue weighted by Gasteiger charge is -2.57. The zero-order chi connectivity index (χ0) is 46.2. The van der Waals surface area contributed by atoms with Crippen LogP contribution < -0.4 is 0 Å². The predicted molar refractivity (Wildman–Crippen MR) is 217 cm³/mol. The highest BCUT2D eigenvalue weighted by Crippen LogP contribution is 2.88. The Balaban J connectivity index is 0.911. The van der Waals surface area contributed by atoms with E-state index in [0.717, 1.165) is 0 Å². The number of carbonyl (C=O) groups excluding carboxylic acids is 8. The zero-order valence-corrected chi connectivity index (χ0v) is 37.1. The molecule has 0 spiro atoms. The van der Waals surface area contributed by atoms with E-state index in [4.69, 9.17) is 28.4 Å². The molecule has 14 rings (SSSR count). The van der Waals surface area contributed by atoms with Crippen LogP contribution in [0.2, 0.25) is 0 Å². The molecule has 2 aromatic heterocycles. The van der Waals surface area contributed by atoms with E-state index in [1.54, 1.807) is 49.1 Å². The van der Waals surface area contributed by atoms with Crippen LogP contribution in [0.1, 0.15) is 30.4 Å². The minimum atomic E-state index is -1.80. The van der Waals surface area contributed by atoms with Crippen molar-refractivity contribution in [3.63, 3.8) is 0 Å². The van der Waals surface area contributed by atoms with Crippen LogP contribution in [0, 0.1) is 107 Å². The maximum absolute atomic E-state index is 15.1. The smallest absolute Gasteiger partial charge is 0.338 e. The minimum Gasteiger partial charge on any atom is -0.467 e. The molecular formula is C49H48N4O14. The molecule has 6 aliphatic carbocycles. The number of nitrogens with zero attached hydrogens (tertiary/aromatic N) is 4. The van der Waals surface area contributed by atoms with Gasteiger partial charge in [0.15, 0.2) is 22.4 Å². The highest BCUT2D eigenvalue weighted by molar-refractivity contribution is 6.07. The van der Waals surface area contributed by atoms with Crippen molar-refractivity contribution in [1.82, 2.24) is 19.8 Å². The van der Waals surface area contributed by atoms with Gasteiger partial charge in [-0.05, 0) is 78.0 Å². The molecule has 2 unspecified atom stereocenters. The van der Waals surface area contributed by atoms with Gasteiger partial charge < -0.3 is 28.4 Å². The number of likely N-dealkylation sites (tertiary alicyclic amines) is 2. The fourth-order valence-electron chi connectivity index (χ4n) is 19.7. The van der Waals surface area contributed by atoms with Gasteiger partial charge in [-0.25, -0.2) is 19.2 Å². The van der Waals surface area contributed by atoms with E-state index in [1.165, 1.54) is 38.2 Å². The third kappa shape index (κ3) is 4.02. The number of hydrogen-bond acceptors (Lipinski definition) is 16. The number of hydrogen-bond donors (Lipinski definition) is 0. The monoisotopic (exact) mass is 916 g/mol. The van der Waals surface area contributed by atoms with Crippen molar-refractivity contribution < 1.29 is 66.8 Å². The molecule has 8 heterocycles. The molecule has 18 nitrogen and oxygen atoms in total. The quantitative estimate of drug-likeness (QED) is 0.205. The second-order valence-electron chi connectivity index (χ2n) is 21.6. The normalized spacial score (nSPS) is 49.6. The molecule has 6 aliphatic heterocycles. The number of fused-ring (bicyclic) bond motifs is 36. The van der Waals surface area contributed by atoms with Crippen LogP contribution in [0.25, 0.3) is 0 Å². The molecular weight excluding hydrogens is 869 g/mol. The molecule has 348 valence electrons. The lowest BCUT2D eigenvalue weighted by molar-refractivity contribution is -0.193. The fourth-order valence-corrected chi connectivity index (χ4v) is 19.7. The first kappa shape index (κ1) is 40.4. The Bertz CT molecular complexity index is 2380. The first-order valence-corrected chi connectivity index (χ1v) is 23.6. The van der Waals surface area contributed by atoms with Gasteiger partial charge in [-0.2, -0.15) is 0 Å². The molecule has 0 aromatic carbocycles. The third-order valence-electron chi connectivity index (χ3n) is 20.5. The number of methoxy groups -OCH3 is 4. The van der Waals surface area contributed by atoms with E-state index < -0.39 is 153 Å². The summed E-state index contributed by atoms with van der Waals surface area (Å²) in [6.07, 6.45) is 7.63. The van der Waals surface area contributed by atoms with Crippen LogP contribution in [0.5, 0.6) is 0 Å². The standard InChI is InChI=1S/C49H48N4O14/c1-62-42(58)46-30-20-11-21(27-26(20)38(54)52(39(27)55)16-18-7-5-9-50-14-18)31(30)47(66-46,43(59)63-2)35-25-13-24(34(35)46)36-37(25)49(45(61)65-4)33-23-12-22(32(33)48(36,67-49)44(60)64-3)28-29(23)41(57)53(40(28)56)17-19-8-6-10-51-15-19/h5-10,14-15,20-37H,11-13,16-17H2,1-4H3/t20-,21+,22+,23-,24?,25?,26-,27+,28+,29-,30-,31+,32+,33-,34+,35-,36-,37+,46-,47+,48+,49-. The van der Waals surface area contributed by atoms with Gasteiger partial charge >= 0.3 is 23.9 Å². The Labute approximate surface area is 383 Å². The van der Waals surface area contributed by atoms with Crippen LogP contribution in [-0.2, 0) is 79.9 Å². The molecule has 12 aliphatic rings. The van der Waals surface area contributed by atoms with Crippen LogP contribution in [-0.4, -0.2) is 118 Å². The molecule has 4 amide bonds. The van der Waals surface area contributed by atoms with Gasteiger partial charge in [-0.15, -0.1) is 0 Å². The van der Waals surface area contributed by atoms with Crippen LogP contribution >= 0.6 is 0 Å². The number of imide groups is 2. The number of pyridine rings is 2. The maximum Gasteiger partial charge on any atom is 0.338 e.